The van der Waals surface area contributed by atoms with Crippen molar-refractivity contribution in [1.82, 2.24) is 19.2 Å². The molecule has 0 bridgehead atoms. The van der Waals surface area contributed by atoms with Crippen LogP contribution in [0, 0.1) is 6.92 Å². The quantitative estimate of drug-likeness (QED) is 0.637. The third-order valence-electron chi connectivity index (χ3n) is 4.45. The van der Waals surface area contributed by atoms with E-state index in [4.69, 9.17) is 0 Å². The van der Waals surface area contributed by atoms with Crippen LogP contribution >= 0.6 is 0 Å². The fraction of sp³-hybridized carbons (Fsp3) is 0.500. The van der Waals surface area contributed by atoms with Crippen LogP contribution < -0.4 is 9.62 Å². The average molecular weight is 391 g/mol. The number of nitrogens with one attached hydrogen (secondary N) is 1. The monoisotopic (exact) mass is 391 g/mol. The number of likely N-dealkylation sites (N-methyl/N-ethyl adjacent to an activating group) is 1. The number of anilines is 1. The number of carbonyl (C=O) groups is 2. The van der Waals surface area contributed by atoms with Gasteiger partial charge in [0.2, 0.25) is 0 Å². The van der Waals surface area contributed by atoms with Gasteiger partial charge in [0.05, 0.1) is 17.3 Å². The third-order valence-corrected chi connectivity index (χ3v) is 6.13. The van der Waals surface area contributed by atoms with Crippen LogP contribution in [0.2, 0.25) is 0 Å². The lowest BCUT2D eigenvalue weighted by atomic mass is 10.2. The van der Waals surface area contributed by atoms with Crippen LogP contribution in [0.15, 0.2) is 18.2 Å². The first-order chi connectivity index (χ1) is 12.5. The van der Waals surface area contributed by atoms with Gasteiger partial charge in [0.1, 0.15) is 17.1 Å². The van der Waals surface area contributed by atoms with Crippen molar-refractivity contribution in [2.75, 3.05) is 18.5 Å². The van der Waals surface area contributed by atoms with E-state index in [9.17, 15) is 14.1 Å². The molecule has 9 heteroatoms. The lowest BCUT2D eigenvalue weighted by Gasteiger charge is -2.25. The molecule has 3 heterocycles. The molecular formula is C18H25N5O3S. The van der Waals surface area contributed by atoms with Crippen molar-refractivity contribution in [1.29, 1.82) is 0 Å². The summed E-state index contributed by atoms with van der Waals surface area (Å²) in [6.07, 6.45) is 0. The van der Waals surface area contributed by atoms with Gasteiger partial charge in [0.15, 0.2) is 0 Å². The second-order valence-electron chi connectivity index (χ2n) is 7.84. The molecule has 1 N–H and O–H groups in total. The number of aryl methyl sites for hydroxylation is 1. The molecule has 1 aliphatic heterocycles. The molecule has 0 saturated carbocycles. The molecule has 1 aliphatic rings. The molecule has 3 rings (SSSR count). The Kier molecular flexibility index (Phi) is 4.96. The Balaban J connectivity index is 1.98. The Hall–Kier alpha value is -2.10. The molecule has 0 spiro atoms. The van der Waals surface area contributed by atoms with E-state index in [1.165, 1.54) is 11.9 Å². The highest BCUT2D eigenvalue weighted by Crippen LogP contribution is 2.26. The molecule has 2 aromatic rings. The predicted octanol–water partition coefficient (Wildman–Crippen LogP) is 2.15. The summed E-state index contributed by atoms with van der Waals surface area (Å²) in [5, 5.41) is 4.61. The van der Waals surface area contributed by atoms with Crippen molar-refractivity contribution in [3.63, 3.8) is 0 Å². The van der Waals surface area contributed by atoms with Gasteiger partial charge in [0, 0.05) is 18.4 Å². The SMILES string of the molecule is Cc1cc(N2CC(=O)N(C)C2=O)n2nc([C@@H](C)N[S+]([O-])C(C)(C)C)cc2c1. The number of hydrogen-bond donors (Lipinski definition) is 1. The first-order valence-corrected chi connectivity index (χ1v) is 9.90. The number of hydrogen-bond acceptors (Lipinski definition) is 5. The summed E-state index contributed by atoms with van der Waals surface area (Å²) >= 11 is -1.23. The van der Waals surface area contributed by atoms with E-state index in [1.54, 1.807) is 4.52 Å². The highest BCUT2D eigenvalue weighted by atomic mass is 32.2. The van der Waals surface area contributed by atoms with Crippen LogP contribution in [0.4, 0.5) is 10.6 Å². The molecule has 0 radical (unpaired) electrons. The topological polar surface area (TPSA) is 93.0 Å². The summed E-state index contributed by atoms with van der Waals surface area (Å²) in [4.78, 5) is 26.8. The predicted molar refractivity (Wildman–Crippen MR) is 105 cm³/mol. The number of fused-ring (bicyclic) bond motifs is 1. The fourth-order valence-electron chi connectivity index (χ4n) is 2.82. The first-order valence-electron chi connectivity index (χ1n) is 8.75. The van der Waals surface area contributed by atoms with Crippen molar-refractivity contribution < 1.29 is 14.1 Å². The number of amides is 3. The summed E-state index contributed by atoms with van der Waals surface area (Å²) in [6, 6.07) is 5.08. The van der Waals surface area contributed by atoms with E-state index in [0.717, 1.165) is 16.0 Å². The summed E-state index contributed by atoms with van der Waals surface area (Å²) in [5.41, 5.74) is 2.48. The van der Waals surface area contributed by atoms with Gasteiger partial charge in [-0.3, -0.25) is 14.6 Å². The minimum absolute atomic E-state index is 0.00900. The first kappa shape index (κ1) is 19.7. The Labute approximate surface area is 161 Å². The maximum atomic E-state index is 12.4. The smallest absolute Gasteiger partial charge is 0.332 e. The average Bonchev–Trinajstić information content (AvgIpc) is 3.10. The van der Waals surface area contributed by atoms with Gasteiger partial charge in [-0.1, -0.05) is 0 Å². The Morgan fingerprint density at radius 2 is 1.93 bits per heavy atom. The van der Waals surface area contributed by atoms with Crippen molar-refractivity contribution in [2.24, 2.45) is 0 Å². The van der Waals surface area contributed by atoms with E-state index in [1.807, 2.05) is 52.8 Å². The van der Waals surface area contributed by atoms with Crippen molar-refractivity contribution in [3.05, 3.63) is 29.5 Å². The zero-order valence-corrected chi connectivity index (χ0v) is 17.3. The van der Waals surface area contributed by atoms with Gasteiger partial charge >= 0.3 is 6.03 Å². The Bertz CT molecular complexity index is 904. The Morgan fingerprint density at radius 3 is 2.48 bits per heavy atom. The van der Waals surface area contributed by atoms with Crippen molar-refractivity contribution in [3.8, 4) is 0 Å². The number of nitrogens with zero attached hydrogens (tertiary/aromatic N) is 4. The maximum absolute atomic E-state index is 12.4. The molecule has 2 aromatic heterocycles. The highest BCUT2D eigenvalue weighted by molar-refractivity contribution is 7.90. The Morgan fingerprint density at radius 1 is 1.26 bits per heavy atom. The molecule has 2 atom stereocenters. The summed E-state index contributed by atoms with van der Waals surface area (Å²) in [7, 11) is 1.47. The highest BCUT2D eigenvalue weighted by Gasteiger charge is 2.36. The van der Waals surface area contributed by atoms with E-state index >= 15 is 0 Å². The fourth-order valence-corrected chi connectivity index (χ4v) is 3.61. The molecule has 146 valence electrons. The van der Waals surface area contributed by atoms with E-state index in [-0.39, 0.29) is 29.3 Å². The van der Waals surface area contributed by atoms with Gasteiger partial charge in [-0.25, -0.2) is 9.31 Å². The van der Waals surface area contributed by atoms with E-state index in [2.05, 4.69) is 9.82 Å². The van der Waals surface area contributed by atoms with Gasteiger partial charge in [-0.05, 0) is 58.4 Å². The van der Waals surface area contributed by atoms with E-state index < -0.39 is 11.4 Å². The van der Waals surface area contributed by atoms with Crippen molar-refractivity contribution >= 4 is 34.6 Å². The normalized spacial score (nSPS) is 17.9. The molecule has 3 amide bonds. The molecule has 27 heavy (non-hydrogen) atoms. The van der Waals surface area contributed by atoms with Crippen LogP contribution in [0.3, 0.4) is 0 Å². The minimum atomic E-state index is -1.23. The summed E-state index contributed by atoms with van der Waals surface area (Å²) in [6.45, 7) is 9.53. The second kappa shape index (κ2) is 6.81. The number of imide groups is 1. The van der Waals surface area contributed by atoms with Gasteiger partial charge in [-0.2, -0.15) is 5.10 Å². The number of aromatic nitrogens is 2. The van der Waals surface area contributed by atoms with Crippen LogP contribution in [0.25, 0.3) is 5.52 Å². The number of pyridine rings is 1. The molecular weight excluding hydrogens is 366 g/mol. The zero-order chi connectivity index (χ0) is 20.1. The zero-order valence-electron chi connectivity index (χ0n) is 16.4. The minimum Gasteiger partial charge on any atom is -0.598 e. The van der Waals surface area contributed by atoms with Gasteiger partial charge in [-0.15, -0.1) is 4.72 Å². The maximum Gasteiger partial charge on any atom is 0.332 e. The molecule has 0 aliphatic carbocycles. The number of carbonyl (C=O) groups excluding carboxylic acids is 2. The lowest BCUT2D eigenvalue weighted by Crippen LogP contribution is -2.40. The second-order valence-corrected chi connectivity index (χ2v) is 9.84. The van der Waals surface area contributed by atoms with Crippen LogP contribution in [0.5, 0.6) is 0 Å². The van der Waals surface area contributed by atoms with Crippen LogP contribution in [-0.4, -0.2) is 49.3 Å². The molecule has 1 fully saturated rings. The largest absolute Gasteiger partial charge is 0.598 e. The van der Waals surface area contributed by atoms with E-state index in [0.29, 0.717) is 11.5 Å². The molecule has 8 nitrogen and oxygen atoms in total. The van der Waals surface area contributed by atoms with Crippen molar-refractivity contribution in [2.45, 2.75) is 45.4 Å². The molecule has 0 aromatic carbocycles. The summed E-state index contributed by atoms with van der Waals surface area (Å²) < 4.78 is 16.7. The third kappa shape index (κ3) is 3.67. The van der Waals surface area contributed by atoms with Gasteiger partial charge in [0.25, 0.3) is 5.91 Å². The molecule has 1 saturated heterocycles. The number of rotatable bonds is 4. The van der Waals surface area contributed by atoms with Crippen LogP contribution in [0.1, 0.15) is 45.0 Å². The van der Waals surface area contributed by atoms with Crippen LogP contribution in [-0.2, 0) is 16.2 Å². The number of urea groups is 1. The standard InChI is InChI=1S/C18H25N5O3S/c1-11-7-13-9-14(12(2)20-27(26)18(3,4)5)19-23(13)15(8-11)22-10-16(24)21(6)17(22)25/h7-9,12,20H,10H2,1-6H3/t12-,27?/m1/s1. The lowest BCUT2D eigenvalue weighted by molar-refractivity contribution is -0.123. The molecule has 1 unspecified atom stereocenters. The summed E-state index contributed by atoms with van der Waals surface area (Å²) in [5.74, 6) is 0.292. The van der Waals surface area contributed by atoms with Gasteiger partial charge < -0.3 is 4.55 Å².